The van der Waals surface area contributed by atoms with E-state index in [0.29, 0.717) is 44.3 Å². The van der Waals surface area contributed by atoms with Crippen molar-refractivity contribution in [1.82, 2.24) is 0 Å². The molecule has 1 heterocycles. The van der Waals surface area contributed by atoms with Crippen molar-refractivity contribution < 1.29 is 29.0 Å². The number of carbonyl (C=O) groups is 3. The summed E-state index contributed by atoms with van der Waals surface area (Å²) >= 11 is 4.39. The van der Waals surface area contributed by atoms with Gasteiger partial charge in [0.05, 0.1) is 22.8 Å². The van der Waals surface area contributed by atoms with Crippen LogP contribution in [0.4, 0.5) is 10.5 Å². The van der Waals surface area contributed by atoms with Crippen molar-refractivity contribution in [2.75, 3.05) is 11.5 Å². The van der Waals surface area contributed by atoms with Gasteiger partial charge in [-0.05, 0) is 72.3 Å². The van der Waals surface area contributed by atoms with Crippen molar-refractivity contribution >= 4 is 56.6 Å². The summed E-state index contributed by atoms with van der Waals surface area (Å²) in [5, 5.41) is 8.82. The molecule has 2 amide bonds. The molecule has 1 aliphatic rings. The second-order valence-electron chi connectivity index (χ2n) is 7.40. The number of carboxylic acid groups (broad SMARTS) is 1. The number of halogens is 1. The molecule has 0 saturated carbocycles. The first-order valence-electron chi connectivity index (χ1n) is 10.6. The Balaban J connectivity index is 1.59. The van der Waals surface area contributed by atoms with Crippen molar-refractivity contribution in [3.8, 4) is 11.5 Å². The van der Waals surface area contributed by atoms with E-state index in [-0.39, 0.29) is 17.4 Å². The summed E-state index contributed by atoms with van der Waals surface area (Å²) in [5.41, 5.74) is 2.04. The molecule has 0 aromatic heterocycles. The average molecular weight is 554 g/mol. The zero-order chi connectivity index (χ0) is 24.9. The van der Waals surface area contributed by atoms with Gasteiger partial charge >= 0.3 is 5.97 Å². The van der Waals surface area contributed by atoms with E-state index in [9.17, 15) is 19.5 Å². The van der Waals surface area contributed by atoms with Crippen molar-refractivity contribution in [1.29, 1.82) is 0 Å². The Hall–Kier alpha value is -3.56. The topological polar surface area (TPSA) is 93.1 Å². The fourth-order valence-corrected chi connectivity index (χ4v) is 4.68. The number of benzene rings is 3. The first-order chi connectivity index (χ1) is 16.9. The number of carboxylic acids is 1. The maximum absolute atomic E-state index is 12.9. The van der Waals surface area contributed by atoms with Gasteiger partial charge in [-0.25, -0.2) is 9.69 Å². The molecule has 1 N–H and O–H groups in total. The molecular formula is C26H20BrNO6S. The van der Waals surface area contributed by atoms with E-state index in [0.717, 1.165) is 16.7 Å². The molecule has 1 saturated heterocycles. The largest absolute Gasteiger partial charge is 0.490 e. The van der Waals surface area contributed by atoms with Crippen molar-refractivity contribution in [3.63, 3.8) is 0 Å². The van der Waals surface area contributed by atoms with Crippen LogP contribution >= 0.6 is 27.7 Å². The number of imide groups is 1. The number of carbonyl (C=O) groups excluding carboxylic acids is 2. The van der Waals surface area contributed by atoms with Crippen LogP contribution in [0, 0.1) is 0 Å². The van der Waals surface area contributed by atoms with Gasteiger partial charge in [0.2, 0.25) is 0 Å². The number of nitrogens with zero attached hydrogens (tertiary/aromatic N) is 1. The fourth-order valence-electron chi connectivity index (χ4n) is 3.41. The lowest BCUT2D eigenvalue weighted by Gasteiger charge is -2.14. The second kappa shape index (κ2) is 10.8. The number of rotatable bonds is 8. The van der Waals surface area contributed by atoms with E-state index in [1.54, 1.807) is 60.7 Å². The minimum atomic E-state index is -1.01. The number of anilines is 1. The van der Waals surface area contributed by atoms with Gasteiger partial charge in [0, 0.05) is 4.47 Å². The standard InChI is InChI=1S/C26H20BrNO6S/c1-2-33-21-12-18(13-23-24(29)28(26(32)35-23)19-9-4-3-5-10-19)20(27)14-22(21)34-15-16-7-6-8-17(11-16)25(30)31/h3-14H,2,15H2,1H3,(H,30,31)/b23-13+. The fraction of sp³-hybridized carbons (Fsp3) is 0.115. The normalized spacial score (nSPS) is 14.5. The Bertz CT molecular complexity index is 1320. The third-order valence-corrected chi connectivity index (χ3v) is 6.58. The first kappa shape index (κ1) is 24.6. The summed E-state index contributed by atoms with van der Waals surface area (Å²) in [4.78, 5) is 38.1. The summed E-state index contributed by atoms with van der Waals surface area (Å²) in [5.74, 6) is -0.493. The van der Waals surface area contributed by atoms with Crippen molar-refractivity contribution in [2.24, 2.45) is 0 Å². The summed E-state index contributed by atoms with van der Waals surface area (Å²) in [6.07, 6.45) is 1.64. The summed E-state index contributed by atoms with van der Waals surface area (Å²) in [6, 6.07) is 18.7. The molecule has 7 nitrogen and oxygen atoms in total. The molecule has 9 heteroatoms. The highest BCUT2D eigenvalue weighted by Crippen LogP contribution is 2.39. The van der Waals surface area contributed by atoms with Crippen LogP contribution in [0.3, 0.4) is 0 Å². The molecule has 0 atom stereocenters. The van der Waals surface area contributed by atoms with Crippen LogP contribution in [-0.4, -0.2) is 28.8 Å². The lowest BCUT2D eigenvalue weighted by molar-refractivity contribution is -0.113. The number of para-hydroxylation sites is 1. The number of amides is 2. The monoisotopic (exact) mass is 553 g/mol. The van der Waals surface area contributed by atoms with Gasteiger partial charge in [-0.2, -0.15) is 0 Å². The minimum Gasteiger partial charge on any atom is -0.490 e. The van der Waals surface area contributed by atoms with E-state index in [1.165, 1.54) is 6.07 Å². The quantitative estimate of drug-likeness (QED) is 0.324. The molecule has 0 spiro atoms. The number of hydrogen-bond acceptors (Lipinski definition) is 6. The zero-order valence-corrected chi connectivity index (χ0v) is 21.0. The zero-order valence-electron chi connectivity index (χ0n) is 18.6. The number of thioether (sulfide) groups is 1. The molecule has 4 rings (SSSR count). The molecule has 3 aromatic rings. The van der Waals surface area contributed by atoms with E-state index < -0.39 is 11.9 Å². The van der Waals surface area contributed by atoms with E-state index in [1.807, 2.05) is 13.0 Å². The van der Waals surface area contributed by atoms with E-state index in [2.05, 4.69) is 15.9 Å². The van der Waals surface area contributed by atoms with Crippen LogP contribution in [0.5, 0.6) is 11.5 Å². The highest BCUT2D eigenvalue weighted by Gasteiger charge is 2.36. The van der Waals surface area contributed by atoms with Gasteiger partial charge in [-0.3, -0.25) is 9.59 Å². The smallest absolute Gasteiger partial charge is 0.335 e. The van der Waals surface area contributed by atoms with Crippen LogP contribution < -0.4 is 14.4 Å². The Labute approximate surface area is 214 Å². The maximum Gasteiger partial charge on any atom is 0.335 e. The lowest BCUT2D eigenvalue weighted by Crippen LogP contribution is -2.27. The molecule has 0 radical (unpaired) electrons. The Morgan fingerprint density at radius 2 is 1.77 bits per heavy atom. The molecule has 1 fully saturated rings. The molecular weight excluding hydrogens is 534 g/mol. The molecule has 0 unspecified atom stereocenters. The molecule has 35 heavy (non-hydrogen) atoms. The van der Waals surface area contributed by atoms with Crippen LogP contribution in [0.1, 0.15) is 28.4 Å². The maximum atomic E-state index is 12.9. The molecule has 1 aliphatic heterocycles. The highest BCUT2D eigenvalue weighted by atomic mass is 79.9. The first-order valence-corrected chi connectivity index (χ1v) is 12.2. The van der Waals surface area contributed by atoms with E-state index in [4.69, 9.17) is 9.47 Å². The Kier molecular flexibility index (Phi) is 7.57. The van der Waals surface area contributed by atoms with Gasteiger partial charge in [-0.15, -0.1) is 0 Å². The summed E-state index contributed by atoms with van der Waals surface area (Å²) in [7, 11) is 0. The molecule has 178 valence electrons. The molecule has 0 aliphatic carbocycles. The van der Waals surface area contributed by atoms with Gasteiger partial charge < -0.3 is 14.6 Å². The predicted molar refractivity (Wildman–Crippen MR) is 138 cm³/mol. The third-order valence-electron chi connectivity index (χ3n) is 5.03. The molecule has 3 aromatic carbocycles. The van der Waals surface area contributed by atoms with Gasteiger partial charge in [0.25, 0.3) is 11.1 Å². The molecule has 0 bridgehead atoms. The average Bonchev–Trinajstić information content (AvgIpc) is 3.13. The minimum absolute atomic E-state index is 0.142. The second-order valence-corrected chi connectivity index (χ2v) is 9.25. The van der Waals surface area contributed by atoms with Gasteiger partial charge in [0.15, 0.2) is 11.5 Å². The number of ether oxygens (including phenoxy) is 2. The Morgan fingerprint density at radius 3 is 2.49 bits per heavy atom. The van der Waals surface area contributed by atoms with Gasteiger partial charge in [-0.1, -0.05) is 46.3 Å². The Morgan fingerprint density at radius 1 is 1.03 bits per heavy atom. The summed E-state index contributed by atoms with van der Waals surface area (Å²) in [6.45, 7) is 2.37. The van der Waals surface area contributed by atoms with Crippen LogP contribution in [0.15, 0.2) is 76.1 Å². The highest BCUT2D eigenvalue weighted by molar-refractivity contribution is 9.10. The lowest BCUT2D eigenvalue weighted by atomic mass is 10.1. The summed E-state index contributed by atoms with van der Waals surface area (Å²) < 4.78 is 12.3. The van der Waals surface area contributed by atoms with Crippen LogP contribution in [0.25, 0.3) is 6.08 Å². The number of aromatic carboxylic acids is 1. The van der Waals surface area contributed by atoms with Crippen molar-refractivity contribution in [3.05, 3.63) is 92.8 Å². The van der Waals surface area contributed by atoms with Gasteiger partial charge in [0.1, 0.15) is 6.61 Å². The van der Waals surface area contributed by atoms with Crippen molar-refractivity contribution in [2.45, 2.75) is 13.5 Å². The van der Waals surface area contributed by atoms with E-state index >= 15 is 0 Å². The SMILES string of the molecule is CCOc1cc(/C=C2/SC(=O)N(c3ccccc3)C2=O)c(Br)cc1OCc1cccc(C(=O)O)c1. The van der Waals surface area contributed by atoms with Crippen LogP contribution in [0.2, 0.25) is 0 Å². The van der Waals surface area contributed by atoms with Crippen LogP contribution in [-0.2, 0) is 11.4 Å². The predicted octanol–water partition coefficient (Wildman–Crippen LogP) is 6.37. The number of hydrogen-bond donors (Lipinski definition) is 1. The third kappa shape index (κ3) is 5.58.